The molecule has 19 heavy (non-hydrogen) atoms. The van der Waals surface area contributed by atoms with Crippen LogP contribution in [0.15, 0.2) is 24.5 Å². The number of nitrogens with zero attached hydrogens (tertiary/aromatic N) is 2. The van der Waals surface area contributed by atoms with Crippen LogP contribution >= 0.6 is 11.8 Å². The Morgan fingerprint density at radius 1 is 1.58 bits per heavy atom. The SMILES string of the molecule is CC1(Cn2cnc3cc(C(=O)O)ccc32)CCCS1. The zero-order valence-electron chi connectivity index (χ0n) is 10.8. The molecule has 0 saturated carbocycles. The third-order valence-electron chi connectivity index (χ3n) is 3.67. The predicted octanol–water partition coefficient (Wildman–Crippen LogP) is 3.02. The van der Waals surface area contributed by atoms with Gasteiger partial charge in [-0.2, -0.15) is 11.8 Å². The smallest absolute Gasteiger partial charge is 0.335 e. The van der Waals surface area contributed by atoms with E-state index in [9.17, 15) is 4.79 Å². The molecule has 0 aliphatic carbocycles. The largest absolute Gasteiger partial charge is 0.478 e. The van der Waals surface area contributed by atoms with Crippen molar-refractivity contribution in [1.29, 1.82) is 0 Å². The molecule has 1 N–H and O–H groups in total. The first-order valence-electron chi connectivity index (χ1n) is 6.40. The molecule has 0 bridgehead atoms. The van der Waals surface area contributed by atoms with Gasteiger partial charge in [0, 0.05) is 11.3 Å². The summed E-state index contributed by atoms with van der Waals surface area (Å²) in [6.07, 6.45) is 4.32. The highest BCUT2D eigenvalue weighted by atomic mass is 32.2. The van der Waals surface area contributed by atoms with Crippen molar-refractivity contribution in [3.8, 4) is 0 Å². The monoisotopic (exact) mass is 276 g/mol. The second kappa shape index (κ2) is 4.56. The van der Waals surface area contributed by atoms with Gasteiger partial charge in [-0.3, -0.25) is 0 Å². The molecule has 2 aromatic rings. The van der Waals surface area contributed by atoms with Gasteiger partial charge < -0.3 is 9.67 Å². The second-order valence-electron chi connectivity index (χ2n) is 5.28. The van der Waals surface area contributed by atoms with Gasteiger partial charge in [0.2, 0.25) is 0 Å². The molecule has 0 radical (unpaired) electrons. The number of carbonyl (C=O) groups is 1. The van der Waals surface area contributed by atoms with Gasteiger partial charge >= 0.3 is 5.97 Å². The molecule has 1 aliphatic heterocycles. The van der Waals surface area contributed by atoms with Gasteiger partial charge in [0.15, 0.2) is 0 Å². The molecule has 1 saturated heterocycles. The van der Waals surface area contributed by atoms with Crippen molar-refractivity contribution in [2.45, 2.75) is 31.1 Å². The summed E-state index contributed by atoms with van der Waals surface area (Å²) in [5, 5.41) is 8.98. The minimum atomic E-state index is -0.908. The number of carboxylic acids is 1. The van der Waals surface area contributed by atoms with Crippen molar-refractivity contribution < 1.29 is 9.90 Å². The Hall–Kier alpha value is -1.49. The lowest BCUT2D eigenvalue weighted by molar-refractivity contribution is 0.0697. The van der Waals surface area contributed by atoms with Crippen LogP contribution in [0.4, 0.5) is 0 Å². The van der Waals surface area contributed by atoms with E-state index in [1.165, 1.54) is 18.6 Å². The number of aromatic nitrogens is 2. The number of carboxylic acid groups (broad SMARTS) is 1. The normalized spacial score (nSPS) is 23.0. The van der Waals surface area contributed by atoms with Gasteiger partial charge in [-0.15, -0.1) is 0 Å². The Labute approximate surface area is 115 Å². The molecule has 0 spiro atoms. The molecule has 1 atom stereocenters. The summed E-state index contributed by atoms with van der Waals surface area (Å²) < 4.78 is 2.42. The molecule has 2 heterocycles. The average molecular weight is 276 g/mol. The molecule has 1 fully saturated rings. The highest BCUT2D eigenvalue weighted by molar-refractivity contribution is 8.00. The Morgan fingerprint density at radius 3 is 3.11 bits per heavy atom. The van der Waals surface area contributed by atoms with E-state index in [0.717, 1.165) is 17.6 Å². The summed E-state index contributed by atoms with van der Waals surface area (Å²) in [7, 11) is 0. The minimum Gasteiger partial charge on any atom is -0.478 e. The molecule has 1 aromatic heterocycles. The molecule has 5 heteroatoms. The van der Waals surface area contributed by atoms with Crippen LogP contribution in [0.25, 0.3) is 11.0 Å². The molecule has 1 aliphatic rings. The van der Waals surface area contributed by atoms with Gasteiger partial charge in [0.05, 0.1) is 22.9 Å². The van der Waals surface area contributed by atoms with E-state index in [1.54, 1.807) is 12.1 Å². The fourth-order valence-electron chi connectivity index (χ4n) is 2.64. The number of thioether (sulfide) groups is 1. The summed E-state index contributed by atoms with van der Waals surface area (Å²) in [6.45, 7) is 3.22. The third-order valence-corrected chi connectivity index (χ3v) is 5.20. The Bertz CT molecular complexity index is 629. The van der Waals surface area contributed by atoms with Crippen molar-refractivity contribution in [2.24, 2.45) is 0 Å². The van der Waals surface area contributed by atoms with Crippen LogP contribution in [0.2, 0.25) is 0 Å². The molecule has 0 amide bonds. The summed E-state index contributed by atoms with van der Waals surface area (Å²) >= 11 is 2.02. The molecular formula is C14H16N2O2S. The predicted molar refractivity (Wildman–Crippen MR) is 76.8 cm³/mol. The number of imidazole rings is 1. The number of hydrogen-bond donors (Lipinski definition) is 1. The zero-order valence-corrected chi connectivity index (χ0v) is 11.6. The molecule has 3 rings (SSSR count). The van der Waals surface area contributed by atoms with Crippen LogP contribution in [-0.4, -0.2) is 31.1 Å². The number of rotatable bonds is 3. The van der Waals surface area contributed by atoms with Gasteiger partial charge in [0.1, 0.15) is 0 Å². The maximum absolute atomic E-state index is 10.9. The lowest BCUT2D eigenvalue weighted by Gasteiger charge is -2.23. The maximum atomic E-state index is 10.9. The van der Waals surface area contributed by atoms with Crippen LogP contribution in [0.5, 0.6) is 0 Å². The lowest BCUT2D eigenvalue weighted by Crippen LogP contribution is -2.23. The van der Waals surface area contributed by atoms with Crippen LogP contribution in [0.1, 0.15) is 30.1 Å². The van der Waals surface area contributed by atoms with Crippen molar-refractivity contribution in [3.05, 3.63) is 30.1 Å². The highest BCUT2D eigenvalue weighted by Crippen LogP contribution is 2.39. The van der Waals surface area contributed by atoms with Gasteiger partial charge in [-0.1, -0.05) is 0 Å². The molecule has 1 aromatic carbocycles. The first-order valence-corrected chi connectivity index (χ1v) is 7.38. The fourth-order valence-corrected chi connectivity index (χ4v) is 3.95. The highest BCUT2D eigenvalue weighted by Gasteiger charge is 2.30. The van der Waals surface area contributed by atoms with Crippen LogP contribution in [0, 0.1) is 0 Å². The summed E-state index contributed by atoms with van der Waals surface area (Å²) in [4.78, 5) is 15.3. The van der Waals surface area contributed by atoms with Crippen molar-refractivity contribution in [3.63, 3.8) is 0 Å². The first-order chi connectivity index (χ1) is 9.07. The average Bonchev–Trinajstić information content (AvgIpc) is 2.97. The van der Waals surface area contributed by atoms with Crippen molar-refractivity contribution in [1.82, 2.24) is 9.55 Å². The van der Waals surface area contributed by atoms with Gasteiger partial charge in [-0.25, -0.2) is 9.78 Å². The molecular weight excluding hydrogens is 260 g/mol. The molecule has 100 valence electrons. The van der Waals surface area contributed by atoms with Crippen molar-refractivity contribution in [2.75, 3.05) is 5.75 Å². The lowest BCUT2D eigenvalue weighted by atomic mass is 10.1. The quantitative estimate of drug-likeness (QED) is 0.936. The van der Waals surface area contributed by atoms with E-state index in [1.807, 2.05) is 24.2 Å². The van der Waals surface area contributed by atoms with Crippen LogP contribution in [0.3, 0.4) is 0 Å². The molecule has 1 unspecified atom stereocenters. The van der Waals surface area contributed by atoms with E-state index in [-0.39, 0.29) is 4.75 Å². The summed E-state index contributed by atoms with van der Waals surface area (Å²) in [5.74, 6) is 0.321. The second-order valence-corrected chi connectivity index (χ2v) is 6.97. The van der Waals surface area contributed by atoms with Crippen molar-refractivity contribution >= 4 is 28.8 Å². The summed E-state index contributed by atoms with van der Waals surface area (Å²) in [6, 6.07) is 5.14. The van der Waals surface area contributed by atoms with E-state index >= 15 is 0 Å². The zero-order chi connectivity index (χ0) is 13.5. The topological polar surface area (TPSA) is 55.1 Å². The van der Waals surface area contributed by atoms with E-state index in [4.69, 9.17) is 5.11 Å². The summed E-state index contributed by atoms with van der Waals surface area (Å²) in [5.41, 5.74) is 2.06. The maximum Gasteiger partial charge on any atom is 0.335 e. The first kappa shape index (κ1) is 12.5. The number of fused-ring (bicyclic) bond motifs is 1. The Balaban J connectivity index is 1.94. The number of aromatic carboxylic acids is 1. The Morgan fingerprint density at radius 2 is 2.42 bits per heavy atom. The Kier molecular flexibility index (Phi) is 3.01. The minimum absolute atomic E-state index is 0.277. The van der Waals surface area contributed by atoms with Crippen LogP contribution < -0.4 is 0 Å². The number of benzene rings is 1. The van der Waals surface area contributed by atoms with Crippen LogP contribution in [-0.2, 0) is 6.54 Å². The van der Waals surface area contributed by atoms with Gasteiger partial charge in [0.25, 0.3) is 0 Å². The standard InChI is InChI=1S/C14H16N2O2S/c1-14(5-2-6-19-14)8-16-9-15-11-7-10(13(17)18)3-4-12(11)16/h3-4,7,9H,2,5-6,8H2,1H3,(H,17,18). The third kappa shape index (κ3) is 2.34. The van der Waals surface area contributed by atoms with E-state index < -0.39 is 5.97 Å². The van der Waals surface area contributed by atoms with Gasteiger partial charge in [-0.05, 0) is 43.7 Å². The van der Waals surface area contributed by atoms with E-state index in [0.29, 0.717) is 5.56 Å². The fraction of sp³-hybridized carbons (Fsp3) is 0.429. The van der Waals surface area contributed by atoms with E-state index in [2.05, 4.69) is 16.5 Å². The number of hydrogen-bond acceptors (Lipinski definition) is 3. The molecule has 4 nitrogen and oxygen atoms in total.